The molecule has 0 radical (unpaired) electrons. The lowest BCUT2D eigenvalue weighted by Gasteiger charge is -2.24. The molecule has 0 amide bonds. The number of ether oxygens (including phenoxy) is 3. The molecule has 0 saturated carbocycles. The molecule has 0 aliphatic carbocycles. The van der Waals surface area contributed by atoms with Gasteiger partial charge in [-0.1, -0.05) is 0 Å². The molecule has 8 nitrogen and oxygen atoms in total. The molecule has 4 rings (SSSR count). The highest BCUT2D eigenvalue weighted by atomic mass is 79.9. The SMILES string of the molecule is CC1(C)O[C@@H]2[C@H](O1)[C@@H](C=C(Br)Br)O[C@H]2n1cnc2c(N)ncnc21. The number of aromatic nitrogens is 4. The van der Waals surface area contributed by atoms with E-state index in [-0.39, 0.29) is 18.3 Å². The van der Waals surface area contributed by atoms with Crippen molar-refractivity contribution in [2.75, 3.05) is 5.73 Å². The molecule has 2 aromatic rings. The van der Waals surface area contributed by atoms with Gasteiger partial charge in [-0.25, -0.2) is 15.0 Å². The van der Waals surface area contributed by atoms with Crippen LogP contribution >= 0.6 is 31.9 Å². The van der Waals surface area contributed by atoms with Crippen molar-refractivity contribution in [3.05, 3.63) is 22.1 Å². The normalized spacial score (nSPS) is 31.3. The van der Waals surface area contributed by atoms with Crippen molar-refractivity contribution in [1.29, 1.82) is 0 Å². The first-order valence-electron chi connectivity index (χ1n) is 7.33. The minimum Gasteiger partial charge on any atom is -0.382 e. The first kappa shape index (κ1) is 16.4. The van der Waals surface area contributed by atoms with E-state index in [1.165, 1.54) is 6.33 Å². The number of rotatable bonds is 2. The standard InChI is InChI=1S/C14H15Br2N5O3/c1-14(2)23-9-6(3-7(15)16)22-13(10(9)24-14)21-5-20-8-11(17)18-4-19-12(8)21/h3-6,9-10,13H,1-2H3,(H2,17,18,19)/t6-,9-,10-,13-/m1/s1. The fourth-order valence-corrected chi connectivity index (χ4v) is 3.67. The molecule has 128 valence electrons. The monoisotopic (exact) mass is 459 g/mol. The van der Waals surface area contributed by atoms with Gasteiger partial charge in [0.15, 0.2) is 23.5 Å². The predicted molar refractivity (Wildman–Crippen MR) is 93.4 cm³/mol. The zero-order chi connectivity index (χ0) is 17.1. The van der Waals surface area contributed by atoms with E-state index in [1.807, 2.05) is 24.5 Å². The Balaban J connectivity index is 1.77. The lowest BCUT2D eigenvalue weighted by Crippen LogP contribution is -2.28. The molecule has 2 aromatic heterocycles. The molecule has 0 bridgehead atoms. The maximum atomic E-state index is 6.16. The number of nitrogen functional groups attached to an aromatic ring is 1. The molecule has 4 atom stereocenters. The second-order valence-electron chi connectivity index (χ2n) is 6.10. The van der Waals surface area contributed by atoms with E-state index in [2.05, 4.69) is 46.8 Å². The van der Waals surface area contributed by atoms with E-state index in [1.54, 1.807) is 6.33 Å². The van der Waals surface area contributed by atoms with Crippen molar-refractivity contribution in [3.8, 4) is 0 Å². The van der Waals surface area contributed by atoms with Crippen LogP contribution in [0.2, 0.25) is 0 Å². The van der Waals surface area contributed by atoms with Crippen LogP contribution in [0.15, 0.2) is 22.1 Å². The van der Waals surface area contributed by atoms with E-state index in [0.717, 1.165) is 3.39 Å². The van der Waals surface area contributed by atoms with Crippen LogP contribution in [0.4, 0.5) is 5.82 Å². The van der Waals surface area contributed by atoms with E-state index in [0.29, 0.717) is 17.0 Å². The van der Waals surface area contributed by atoms with Gasteiger partial charge in [-0.3, -0.25) is 4.57 Å². The molecule has 24 heavy (non-hydrogen) atoms. The molecule has 0 unspecified atom stereocenters. The molecule has 2 aliphatic rings. The van der Waals surface area contributed by atoms with Gasteiger partial charge in [-0.15, -0.1) is 0 Å². The van der Waals surface area contributed by atoms with E-state index in [9.17, 15) is 0 Å². The van der Waals surface area contributed by atoms with Gasteiger partial charge >= 0.3 is 0 Å². The predicted octanol–water partition coefficient (Wildman–Crippen LogP) is 2.46. The molecule has 2 fully saturated rings. The molecular weight excluding hydrogens is 446 g/mol. The second kappa shape index (κ2) is 5.73. The molecule has 0 aromatic carbocycles. The van der Waals surface area contributed by atoms with Gasteiger partial charge in [-0.2, -0.15) is 0 Å². The van der Waals surface area contributed by atoms with E-state index >= 15 is 0 Å². The summed E-state index contributed by atoms with van der Waals surface area (Å²) in [5.41, 5.74) is 7.00. The van der Waals surface area contributed by atoms with Gasteiger partial charge < -0.3 is 19.9 Å². The van der Waals surface area contributed by atoms with Crippen molar-refractivity contribution < 1.29 is 14.2 Å². The Morgan fingerprint density at radius 1 is 1.25 bits per heavy atom. The summed E-state index contributed by atoms with van der Waals surface area (Å²) in [6.07, 6.45) is 3.68. The van der Waals surface area contributed by atoms with Gasteiger partial charge in [0.05, 0.1) is 9.72 Å². The molecule has 2 aliphatic heterocycles. The van der Waals surface area contributed by atoms with Crippen LogP contribution in [-0.2, 0) is 14.2 Å². The number of anilines is 1. The summed E-state index contributed by atoms with van der Waals surface area (Å²) in [6.45, 7) is 3.77. The number of halogens is 2. The Hall–Kier alpha value is -1.07. The highest BCUT2D eigenvalue weighted by Crippen LogP contribution is 2.44. The summed E-state index contributed by atoms with van der Waals surface area (Å²) in [4.78, 5) is 12.5. The van der Waals surface area contributed by atoms with E-state index < -0.39 is 12.0 Å². The maximum absolute atomic E-state index is 6.16. The maximum Gasteiger partial charge on any atom is 0.167 e. The molecule has 0 spiro atoms. The van der Waals surface area contributed by atoms with Gasteiger partial charge in [0, 0.05) is 0 Å². The molecule has 4 heterocycles. The van der Waals surface area contributed by atoms with Crippen molar-refractivity contribution in [2.45, 2.75) is 44.2 Å². The number of imidazole rings is 1. The fraction of sp³-hybridized carbons (Fsp3) is 0.500. The Morgan fingerprint density at radius 2 is 2.00 bits per heavy atom. The zero-order valence-corrected chi connectivity index (χ0v) is 16.1. The molecular formula is C14H15Br2N5O3. The third-order valence-electron chi connectivity index (χ3n) is 4.02. The Bertz CT molecular complexity index is 820. The Kier molecular flexibility index (Phi) is 3.92. The number of hydrogen-bond donors (Lipinski definition) is 1. The average Bonchev–Trinajstić information content (AvgIpc) is 3.12. The van der Waals surface area contributed by atoms with Crippen LogP contribution in [0.5, 0.6) is 0 Å². The summed E-state index contributed by atoms with van der Waals surface area (Å²) < 4.78 is 20.9. The summed E-state index contributed by atoms with van der Waals surface area (Å²) in [5, 5.41) is 0. The largest absolute Gasteiger partial charge is 0.382 e. The third kappa shape index (κ3) is 2.66. The Morgan fingerprint density at radius 3 is 2.75 bits per heavy atom. The molecule has 10 heteroatoms. The smallest absolute Gasteiger partial charge is 0.167 e. The summed E-state index contributed by atoms with van der Waals surface area (Å²) in [7, 11) is 0. The summed E-state index contributed by atoms with van der Waals surface area (Å²) >= 11 is 6.75. The van der Waals surface area contributed by atoms with Crippen LogP contribution in [0, 0.1) is 0 Å². The lowest BCUT2D eigenvalue weighted by molar-refractivity contribution is -0.191. The first-order chi connectivity index (χ1) is 11.4. The minimum absolute atomic E-state index is 0.244. The number of fused-ring (bicyclic) bond motifs is 2. The Labute approximate surface area is 154 Å². The van der Waals surface area contributed by atoms with Gasteiger partial charge in [-0.05, 0) is 51.8 Å². The van der Waals surface area contributed by atoms with Crippen molar-refractivity contribution in [1.82, 2.24) is 19.5 Å². The second-order valence-corrected chi connectivity index (χ2v) is 8.87. The van der Waals surface area contributed by atoms with Crippen LogP contribution in [-0.4, -0.2) is 43.6 Å². The van der Waals surface area contributed by atoms with Crippen LogP contribution in [0.1, 0.15) is 20.1 Å². The number of hydrogen-bond acceptors (Lipinski definition) is 7. The fourth-order valence-electron chi connectivity index (χ4n) is 3.15. The van der Waals surface area contributed by atoms with Crippen LogP contribution in [0.3, 0.4) is 0 Å². The molecule has 2 N–H and O–H groups in total. The van der Waals surface area contributed by atoms with Crippen molar-refractivity contribution in [3.63, 3.8) is 0 Å². The zero-order valence-electron chi connectivity index (χ0n) is 12.9. The highest BCUT2D eigenvalue weighted by Gasteiger charge is 2.55. The van der Waals surface area contributed by atoms with Gasteiger partial charge in [0.25, 0.3) is 0 Å². The van der Waals surface area contributed by atoms with Gasteiger partial charge in [0.1, 0.15) is 30.2 Å². The molecule has 2 saturated heterocycles. The van der Waals surface area contributed by atoms with Crippen LogP contribution in [0.25, 0.3) is 11.2 Å². The van der Waals surface area contributed by atoms with Crippen molar-refractivity contribution >= 4 is 48.8 Å². The quantitative estimate of drug-likeness (QED) is 0.734. The van der Waals surface area contributed by atoms with E-state index in [4.69, 9.17) is 19.9 Å². The number of nitrogens with zero attached hydrogens (tertiary/aromatic N) is 4. The topological polar surface area (TPSA) is 97.3 Å². The lowest BCUT2D eigenvalue weighted by atomic mass is 10.1. The average molecular weight is 461 g/mol. The minimum atomic E-state index is -0.688. The summed E-state index contributed by atoms with van der Waals surface area (Å²) in [5.74, 6) is -0.357. The highest BCUT2D eigenvalue weighted by molar-refractivity contribution is 9.28. The summed E-state index contributed by atoms with van der Waals surface area (Å²) in [6, 6.07) is 0. The van der Waals surface area contributed by atoms with Crippen LogP contribution < -0.4 is 5.73 Å². The third-order valence-corrected chi connectivity index (χ3v) is 4.55. The first-order valence-corrected chi connectivity index (χ1v) is 8.91. The number of nitrogens with two attached hydrogens (primary N) is 1. The van der Waals surface area contributed by atoms with Gasteiger partial charge in [0.2, 0.25) is 0 Å². The van der Waals surface area contributed by atoms with Crippen molar-refractivity contribution in [2.24, 2.45) is 0 Å².